The highest BCUT2D eigenvalue weighted by Crippen LogP contribution is 2.24. The van der Waals surface area contributed by atoms with E-state index < -0.39 is 0 Å². The van der Waals surface area contributed by atoms with Crippen LogP contribution in [0.25, 0.3) is 16.9 Å². The molecule has 0 spiro atoms. The maximum Gasteiger partial charge on any atom is 0.220 e. The zero-order chi connectivity index (χ0) is 18.4. The fourth-order valence-electron chi connectivity index (χ4n) is 2.84. The van der Waals surface area contributed by atoms with Gasteiger partial charge < -0.3 is 5.32 Å². The monoisotopic (exact) mass is 347 g/mol. The Hall–Kier alpha value is -2.88. The third kappa shape index (κ3) is 4.39. The topological polar surface area (TPSA) is 46.9 Å². The lowest BCUT2D eigenvalue weighted by Crippen LogP contribution is -2.32. The smallest absolute Gasteiger partial charge is 0.220 e. The number of para-hydroxylation sites is 1. The molecule has 1 aromatic heterocycles. The Morgan fingerprint density at radius 3 is 2.38 bits per heavy atom. The van der Waals surface area contributed by atoms with E-state index in [4.69, 9.17) is 5.10 Å². The normalized spacial score (nSPS) is 11.9. The van der Waals surface area contributed by atoms with Crippen molar-refractivity contribution < 1.29 is 4.79 Å². The van der Waals surface area contributed by atoms with Crippen LogP contribution in [0.2, 0.25) is 0 Å². The molecule has 0 bridgehead atoms. The van der Waals surface area contributed by atoms with Crippen molar-refractivity contribution in [3.05, 3.63) is 72.4 Å². The van der Waals surface area contributed by atoms with Gasteiger partial charge in [-0.2, -0.15) is 5.10 Å². The summed E-state index contributed by atoms with van der Waals surface area (Å²) in [6, 6.07) is 20.4. The minimum absolute atomic E-state index is 0.0887. The average molecular weight is 347 g/mol. The highest BCUT2D eigenvalue weighted by Gasteiger charge is 2.14. The van der Waals surface area contributed by atoms with Crippen molar-refractivity contribution in [2.75, 3.05) is 0 Å². The minimum atomic E-state index is 0.0887. The van der Waals surface area contributed by atoms with Gasteiger partial charge >= 0.3 is 0 Å². The van der Waals surface area contributed by atoms with Crippen LogP contribution >= 0.6 is 0 Å². The Morgan fingerprint density at radius 2 is 1.73 bits per heavy atom. The number of aromatic nitrogens is 2. The molecule has 0 saturated carbocycles. The van der Waals surface area contributed by atoms with E-state index in [-0.39, 0.29) is 11.9 Å². The number of aryl methyl sites for hydroxylation is 1. The third-order valence-corrected chi connectivity index (χ3v) is 4.50. The largest absolute Gasteiger partial charge is 0.354 e. The van der Waals surface area contributed by atoms with Crippen LogP contribution < -0.4 is 5.32 Å². The molecule has 2 aromatic carbocycles. The molecule has 0 aliphatic carbocycles. The number of carbonyl (C=O) groups is 1. The van der Waals surface area contributed by atoms with Gasteiger partial charge in [0, 0.05) is 24.2 Å². The van der Waals surface area contributed by atoms with Crippen molar-refractivity contribution in [3.8, 4) is 16.9 Å². The maximum absolute atomic E-state index is 12.2. The first-order valence-corrected chi connectivity index (χ1v) is 9.16. The molecule has 0 aliphatic heterocycles. The summed E-state index contributed by atoms with van der Waals surface area (Å²) in [6.45, 7) is 4.10. The molecule has 0 fully saturated rings. The second-order valence-electron chi connectivity index (χ2n) is 6.53. The van der Waals surface area contributed by atoms with Crippen LogP contribution in [0.3, 0.4) is 0 Å². The number of carbonyl (C=O) groups excluding carboxylic acids is 1. The van der Waals surface area contributed by atoms with E-state index in [0.717, 1.165) is 28.9 Å². The predicted octanol–water partition coefficient (Wildman–Crippen LogP) is 4.39. The number of amides is 1. The van der Waals surface area contributed by atoms with Gasteiger partial charge in [-0.1, -0.05) is 55.5 Å². The second kappa shape index (κ2) is 8.48. The fourth-order valence-corrected chi connectivity index (χ4v) is 2.84. The second-order valence-corrected chi connectivity index (χ2v) is 6.53. The molecule has 1 unspecified atom stereocenters. The van der Waals surface area contributed by atoms with Gasteiger partial charge in [0.1, 0.15) is 0 Å². The van der Waals surface area contributed by atoms with Gasteiger partial charge in [-0.15, -0.1) is 0 Å². The first-order chi connectivity index (χ1) is 12.7. The molecule has 26 heavy (non-hydrogen) atoms. The molecule has 0 radical (unpaired) electrons. The molecule has 1 amide bonds. The summed E-state index contributed by atoms with van der Waals surface area (Å²) >= 11 is 0. The molecule has 3 aromatic rings. The van der Waals surface area contributed by atoms with Crippen LogP contribution in [-0.4, -0.2) is 21.7 Å². The van der Waals surface area contributed by atoms with Crippen molar-refractivity contribution in [1.29, 1.82) is 0 Å². The van der Waals surface area contributed by atoms with Gasteiger partial charge in [-0.05, 0) is 37.5 Å². The molecule has 1 N–H and O–H groups in total. The SMILES string of the molecule is CCC(C)NC(=O)CCc1cn(-c2ccccc2)nc1-c1ccccc1. The van der Waals surface area contributed by atoms with E-state index >= 15 is 0 Å². The van der Waals surface area contributed by atoms with E-state index in [1.807, 2.05) is 66.3 Å². The summed E-state index contributed by atoms with van der Waals surface area (Å²) in [5.41, 5.74) is 4.10. The Kier molecular flexibility index (Phi) is 5.84. The standard InChI is InChI=1S/C22H25N3O/c1-3-17(2)23-21(26)15-14-19-16-25(20-12-8-5-9-13-20)24-22(19)18-10-6-4-7-11-18/h4-13,16-17H,3,14-15H2,1-2H3,(H,23,26). The van der Waals surface area contributed by atoms with Crippen LogP contribution in [0.15, 0.2) is 66.9 Å². The fraction of sp³-hybridized carbons (Fsp3) is 0.273. The van der Waals surface area contributed by atoms with Gasteiger partial charge in [-0.3, -0.25) is 4.79 Å². The van der Waals surface area contributed by atoms with Gasteiger partial charge in [0.15, 0.2) is 0 Å². The zero-order valence-electron chi connectivity index (χ0n) is 15.4. The Labute approximate surface area is 154 Å². The zero-order valence-corrected chi connectivity index (χ0v) is 15.4. The van der Waals surface area contributed by atoms with E-state index in [9.17, 15) is 4.79 Å². The lowest BCUT2D eigenvalue weighted by molar-refractivity contribution is -0.121. The molecule has 0 saturated heterocycles. The molecule has 1 heterocycles. The highest BCUT2D eigenvalue weighted by molar-refractivity contribution is 5.77. The number of nitrogens with one attached hydrogen (secondary N) is 1. The number of hydrogen-bond acceptors (Lipinski definition) is 2. The Bertz CT molecular complexity index is 840. The molecule has 0 aliphatic rings. The molecule has 1 atom stereocenters. The molecular weight excluding hydrogens is 322 g/mol. The highest BCUT2D eigenvalue weighted by atomic mass is 16.1. The minimum Gasteiger partial charge on any atom is -0.354 e. The molecule has 3 rings (SSSR count). The predicted molar refractivity (Wildman–Crippen MR) is 105 cm³/mol. The van der Waals surface area contributed by atoms with Crippen LogP contribution in [0.1, 0.15) is 32.3 Å². The van der Waals surface area contributed by atoms with Crippen LogP contribution in [0, 0.1) is 0 Å². The van der Waals surface area contributed by atoms with Crippen LogP contribution in [0.4, 0.5) is 0 Å². The van der Waals surface area contributed by atoms with Crippen molar-refractivity contribution in [1.82, 2.24) is 15.1 Å². The number of benzene rings is 2. The van der Waals surface area contributed by atoms with Gasteiger partial charge in [-0.25, -0.2) is 4.68 Å². The van der Waals surface area contributed by atoms with E-state index in [1.54, 1.807) is 0 Å². The Balaban J connectivity index is 1.85. The van der Waals surface area contributed by atoms with Gasteiger partial charge in [0.05, 0.1) is 11.4 Å². The van der Waals surface area contributed by atoms with Crippen molar-refractivity contribution >= 4 is 5.91 Å². The lowest BCUT2D eigenvalue weighted by atomic mass is 10.0. The summed E-state index contributed by atoms with van der Waals surface area (Å²) in [5.74, 6) is 0.0887. The molecule has 4 heteroatoms. The first kappa shape index (κ1) is 17.9. The quantitative estimate of drug-likeness (QED) is 0.689. The van der Waals surface area contributed by atoms with Gasteiger partial charge in [0.25, 0.3) is 0 Å². The van der Waals surface area contributed by atoms with E-state index in [1.165, 1.54) is 0 Å². The maximum atomic E-state index is 12.2. The summed E-state index contributed by atoms with van der Waals surface area (Å²) in [6.07, 6.45) is 4.10. The third-order valence-electron chi connectivity index (χ3n) is 4.50. The lowest BCUT2D eigenvalue weighted by Gasteiger charge is -2.11. The van der Waals surface area contributed by atoms with Crippen molar-refractivity contribution in [2.45, 2.75) is 39.2 Å². The van der Waals surface area contributed by atoms with Crippen molar-refractivity contribution in [3.63, 3.8) is 0 Å². The van der Waals surface area contributed by atoms with Crippen molar-refractivity contribution in [2.24, 2.45) is 0 Å². The van der Waals surface area contributed by atoms with Crippen LogP contribution in [-0.2, 0) is 11.2 Å². The summed E-state index contributed by atoms with van der Waals surface area (Å²) in [4.78, 5) is 12.2. The summed E-state index contributed by atoms with van der Waals surface area (Å²) in [7, 11) is 0. The molecular formula is C22H25N3O. The number of nitrogens with zero attached hydrogens (tertiary/aromatic N) is 2. The first-order valence-electron chi connectivity index (χ1n) is 9.16. The number of rotatable bonds is 7. The number of hydrogen-bond donors (Lipinski definition) is 1. The van der Waals surface area contributed by atoms with E-state index in [0.29, 0.717) is 12.8 Å². The summed E-state index contributed by atoms with van der Waals surface area (Å²) < 4.78 is 1.89. The molecule has 134 valence electrons. The van der Waals surface area contributed by atoms with Gasteiger partial charge in [0.2, 0.25) is 5.91 Å². The van der Waals surface area contributed by atoms with Crippen LogP contribution in [0.5, 0.6) is 0 Å². The average Bonchev–Trinajstić information content (AvgIpc) is 3.12. The Morgan fingerprint density at radius 1 is 1.08 bits per heavy atom. The molecule has 4 nitrogen and oxygen atoms in total. The summed E-state index contributed by atoms with van der Waals surface area (Å²) in [5, 5.41) is 7.82. The van der Waals surface area contributed by atoms with E-state index in [2.05, 4.69) is 24.4 Å².